The van der Waals surface area contributed by atoms with Gasteiger partial charge in [-0.2, -0.15) is 0 Å². The highest BCUT2D eigenvalue weighted by Gasteiger charge is 2.28. The predicted octanol–water partition coefficient (Wildman–Crippen LogP) is -4.61. The third-order valence-corrected chi connectivity index (χ3v) is 3.81. The number of hydrogen-bond donors (Lipinski definition) is 9. The zero-order chi connectivity index (χ0) is 24.0. The number of nitrogens with zero attached hydrogens (tertiary/aromatic N) is 1. The fraction of sp³-hybridized carbons (Fsp3) is 0.625. The molecule has 0 radical (unpaired) electrons. The van der Waals surface area contributed by atoms with Crippen LogP contribution in [0.25, 0.3) is 0 Å². The van der Waals surface area contributed by atoms with Gasteiger partial charge in [-0.05, 0) is 19.3 Å². The fourth-order valence-electron chi connectivity index (χ4n) is 2.21. The van der Waals surface area contributed by atoms with Gasteiger partial charge in [-0.15, -0.1) is 0 Å². The standard InChI is InChI=1S/C16H29N7O8/c17-8(3-4-11(25)26)13(29)22-9(2-1-5-20-16(18)19)15(31)23-10(7-24)14(30)21-6-12(27)28/h8-10,24H,1-7,17H2,(H,21,30)(H,22,29)(H,23,31)(H,25,26)(H,27,28)(H4,18,19,20). The first-order valence-corrected chi connectivity index (χ1v) is 9.21. The summed E-state index contributed by atoms with van der Waals surface area (Å²) in [7, 11) is 0. The molecule has 31 heavy (non-hydrogen) atoms. The van der Waals surface area contributed by atoms with Gasteiger partial charge in [0.05, 0.1) is 12.6 Å². The van der Waals surface area contributed by atoms with Gasteiger partial charge in [-0.1, -0.05) is 0 Å². The Morgan fingerprint density at radius 2 is 1.48 bits per heavy atom. The maximum Gasteiger partial charge on any atom is 0.322 e. The second kappa shape index (κ2) is 14.5. The Labute approximate surface area is 177 Å². The van der Waals surface area contributed by atoms with E-state index in [1.54, 1.807) is 0 Å². The molecule has 3 amide bonds. The van der Waals surface area contributed by atoms with E-state index in [9.17, 15) is 29.1 Å². The van der Waals surface area contributed by atoms with Crippen molar-refractivity contribution in [3.8, 4) is 0 Å². The van der Waals surface area contributed by atoms with E-state index < -0.39 is 60.9 Å². The highest BCUT2D eigenvalue weighted by molar-refractivity contribution is 5.93. The number of carboxylic acids is 2. The molecule has 0 aromatic carbocycles. The zero-order valence-corrected chi connectivity index (χ0v) is 16.7. The number of aliphatic carboxylic acids is 2. The molecule has 12 N–H and O–H groups in total. The molecule has 0 spiro atoms. The van der Waals surface area contributed by atoms with E-state index in [-0.39, 0.29) is 38.2 Å². The Morgan fingerprint density at radius 1 is 0.871 bits per heavy atom. The number of aliphatic hydroxyl groups excluding tert-OH is 1. The quantitative estimate of drug-likeness (QED) is 0.0654. The predicted molar refractivity (Wildman–Crippen MR) is 106 cm³/mol. The van der Waals surface area contributed by atoms with Crippen molar-refractivity contribution in [3.63, 3.8) is 0 Å². The third-order valence-electron chi connectivity index (χ3n) is 3.81. The molecule has 15 nitrogen and oxygen atoms in total. The van der Waals surface area contributed by atoms with Gasteiger partial charge in [0, 0.05) is 13.0 Å². The molecule has 0 aromatic rings. The van der Waals surface area contributed by atoms with Crippen LogP contribution in [0.3, 0.4) is 0 Å². The van der Waals surface area contributed by atoms with Crippen molar-refractivity contribution in [2.45, 2.75) is 43.8 Å². The molecule has 0 aliphatic carbocycles. The smallest absolute Gasteiger partial charge is 0.322 e. The lowest BCUT2D eigenvalue weighted by Crippen LogP contribution is -2.57. The molecular weight excluding hydrogens is 418 g/mol. The van der Waals surface area contributed by atoms with Crippen LogP contribution in [0.5, 0.6) is 0 Å². The van der Waals surface area contributed by atoms with Crippen molar-refractivity contribution < 1.29 is 39.3 Å². The first kappa shape index (κ1) is 27.5. The Morgan fingerprint density at radius 3 is 2.00 bits per heavy atom. The van der Waals surface area contributed by atoms with Crippen LogP contribution < -0.4 is 33.2 Å². The molecule has 0 saturated heterocycles. The van der Waals surface area contributed by atoms with Crippen LogP contribution >= 0.6 is 0 Å². The molecule has 0 bridgehead atoms. The number of nitrogens with two attached hydrogens (primary N) is 3. The van der Waals surface area contributed by atoms with Crippen molar-refractivity contribution in [2.24, 2.45) is 22.2 Å². The number of aliphatic hydroxyl groups is 1. The van der Waals surface area contributed by atoms with Crippen molar-refractivity contribution in [1.82, 2.24) is 16.0 Å². The summed E-state index contributed by atoms with van der Waals surface area (Å²) < 4.78 is 0. The van der Waals surface area contributed by atoms with Gasteiger partial charge >= 0.3 is 11.9 Å². The van der Waals surface area contributed by atoms with Crippen LogP contribution in [0.2, 0.25) is 0 Å². The average molecular weight is 447 g/mol. The van der Waals surface area contributed by atoms with Crippen LogP contribution in [0, 0.1) is 0 Å². The number of guanidine groups is 1. The molecule has 15 heteroatoms. The molecule has 0 aromatic heterocycles. The molecule has 176 valence electrons. The van der Waals surface area contributed by atoms with Crippen LogP contribution in [0.15, 0.2) is 4.99 Å². The lowest BCUT2D eigenvalue weighted by Gasteiger charge is -2.23. The summed E-state index contributed by atoms with van der Waals surface area (Å²) in [5.41, 5.74) is 16.1. The van der Waals surface area contributed by atoms with Gasteiger partial charge in [0.25, 0.3) is 0 Å². The summed E-state index contributed by atoms with van der Waals surface area (Å²) in [6.07, 6.45) is -0.253. The van der Waals surface area contributed by atoms with E-state index in [2.05, 4.69) is 15.6 Å². The zero-order valence-electron chi connectivity index (χ0n) is 16.7. The number of carboxylic acid groups (broad SMARTS) is 2. The van der Waals surface area contributed by atoms with Gasteiger partial charge < -0.3 is 48.5 Å². The van der Waals surface area contributed by atoms with Gasteiger partial charge in [0.1, 0.15) is 18.6 Å². The number of carbonyl (C=O) groups excluding carboxylic acids is 3. The van der Waals surface area contributed by atoms with Gasteiger partial charge in [0.15, 0.2) is 5.96 Å². The topological polar surface area (TPSA) is 273 Å². The third kappa shape index (κ3) is 12.7. The van der Waals surface area contributed by atoms with Gasteiger partial charge in [-0.3, -0.25) is 29.0 Å². The lowest BCUT2D eigenvalue weighted by atomic mass is 10.1. The highest BCUT2D eigenvalue weighted by Crippen LogP contribution is 2.02. The van der Waals surface area contributed by atoms with Gasteiger partial charge in [0.2, 0.25) is 17.7 Å². The lowest BCUT2D eigenvalue weighted by molar-refractivity contribution is -0.139. The number of carbonyl (C=O) groups is 5. The minimum Gasteiger partial charge on any atom is -0.481 e. The Bertz CT molecular complexity index is 681. The minimum atomic E-state index is -1.47. The molecule has 0 aliphatic heterocycles. The fourth-order valence-corrected chi connectivity index (χ4v) is 2.21. The summed E-state index contributed by atoms with van der Waals surface area (Å²) in [5.74, 6) is -5.23. The molecule has 3 atom stereocenters. The van der Waals surface area contributed by atoms with E-state index in [4.69, 9.17) is 27.4 Å². The van der Waals surface area contributed by atoms with Crippen molar-refractivity contribution >= 4 is 35.6 Å². The number of nitrogens with one attached hydrogen (secondary N) is 3. The average Bonchev–Trinajstić information content (AvgIpc) is 2.69. The minimum absolute atomic E-state index is 0.0227. The summed E-state index contributed by atoms with van der Waals surface area (Å²) in [4.78, 5) is 61.5. The van der Waals surface area contributed by atoms with E-state index in [1.807, 2.05) is 5.32 Å². The normalized spacial score (nSPS) is 13.2. The van der Waals surface area contributed by atoms with E-state index in [1.165, 1.54) is 0 Å². The summed E-state index contributed by atoms with van der Waals surface area (Å²) >= 11 is 0. The maximum atomic E-state index is 12.6. The summed E-state index contributed by atoms with van der Waals surface area (Å²) in [5, 5.41) is 33.2. The SMILES string of the molecule is NC(N)=NCCCC(NC(=O)C(N)CCC(=O)O)C(=O)NC(CO)C(=O)NCC(=O)O. The molecule has 0 fully saturated rings. The molecule has 0 saturated carbocycles. The second-order valence-corrected chi connectivity index (χ2v) is 6.40. The Balaban J connectivity index is 5.13. The van der Waals surface area contributed by atoms with E-state index >= 15 is 0 Å². The van der Waals surface area contributed by atoms with E-state index in [0.29, 0.717) is 0 Å². The largest absolute Gasteiger partial charge is 0.481 e. The number of rotatable bonds is 15. The van der Waals surface area contributed by atoms with Crippen LogP contribution in [0.1, 0.15) is 25.7 Å². The monoisotopic (exact) mass is 447 g/mol. The first-order valence-electron chi connectivity index (χ1n) is 9.21. The van der Waals surface area contributed by atoms with Crippen LogP contribution in [-0.4, -0.2) is 88.8 Å². The Hall–Kier alpha value is -3.46. The molecule has 0 rings (SSSR count). The number of aliphatic imine (C=N–C) groups is 1. The van der Waals surface area contributed by atoms with Crippen molar-refractivity contribution in [3.05, 3.63) is 0 Å². The first-order chi connectivity index (χ1) is 14.5. The van der Waals surface area contributed by atoms with Crippen LogP contribution in [0.4, 0.5) is 0 Å². The summed E-state index contributed by atoms with van der Waals surface area (Å²) in [6, 6.07) is -3.87. The van der Waals surface area contributed by atoms with Crippen LogP contribution in [-0.2, 0) is 24.0 Å². The molecular formula is C16H29N7O8. The highest BCUT2D eigenvalue weighted by atomic mass is 16.4. The molecule has 3 unspecified atom stereocenters. The second-order valence-electron chi connectivity index (χ2n) is 6.40. The maximum absolute atomic E-state index is 12.6. The van der Waals surface area contributed by atoms with Gasteiger partial charge in [-0.25, -0.2) is 0 Å². The number of amides is 3. The Kier molecular flexibility index (Phi) is 12.9. The van der Waals surface area contributed by atoms with Crippen molar-refractivity contribution in [1.29, 1.82) is 0 Å². The van der Waals surface area contributed by atoms with E-state index in [0.717, 1.165) is 0 Å². The number of hydrogen-bond acceptors (Lipinski definition) is 8. The summed E-state index contributed by atoms with van der Waals surface area (Å²) in [6.45, 7) is -1.41. The molecule has 0 heterocycles. The van der Waals surface area contributed by atoms with Crippen molar-refractivity contribution in [2.75, 3.05) is 19.7 Å². The molecule has 0 aliphatic rings.